The molecule has 6 rings (SSSR count). The fraction of sp³-hybridized carbons (Fsp3) is 0.188. The average molecular weight is 521 g/mol. The predicted molar refractivity (Wildman–Crippen MR) is 149 cm³/mol. The number of nitrogens with zero attached hydrogens (tertiary/aromatic N) is 1. The Morgan fingerprint density at radius 3 is 2.36 bits per heavy atom. The van der Waals surface area contributed by atoms with Crippen molar-refractivity contribution >= 4 is 29.0 Å². The predicted octanol–water partition coefficient (Wildman–Crippen LogP) is 6.63. The molecule has 1 unspecified atom stereocenters. The lowest BCUT2D eigenvalue weighted by atomic mass is 9.76. The summed E-state index contributed by atoms with van der Waals surface area (Å²) in [6.07, 6.45) is 0. The van der Waals surface area contributed by atoms with Crippen molar-refractivity contribution in [2.45, 2.75) is 19.4 Å². The summed E-state index contributed by atoms with van der Waals surface area (Å²) in [5.74, 6) is -0.170. The standard InChI is InChI=1S/C32H28N2O5/c1-4-34(5-2)22-15-16-26-28(19-22)38-29-24(30(35)37-3)17-21(33-20-11-7-6-8-12-20)18-27(29)32(26)25-14-10-9-13-23(25)31(36)39-32/h6-19,33H,4-5H2,1-3H3. The number of fused-ring (bicyclic) bond motifs is 6. The first-order valence-electron chi connectivity index (χ1n) is 13.0. The topological polar surface area (TPSA) is 77.1 Å². The Kier molecular flexibility index (Phi) is 5.99. The third-order valence-electron chi connectivity index (χ3n) is 7.39. The Hall–Kier alpha value is -4.78. The molecule has 1 spiro atoms. The van der Waals surface area contributed by atoms with Gasteiger partial charge in [-0.3, -0.25) is 0 Å². The molecule has 1 atom stereocenters. The van der Waals surface area contributed by atoms with Crippen LogP contribution >= 0.6 is 0 Å². The Balaban J connectivity index is 1.64. The largest absolute Gasteiger partial charge is 0.465 e. The molecular formula is C32H28N2O5. The van der Waals surface area contributed by atoms with Crippen LogP contribution < -0.4 is 15.0 Å². The first kappa shape index (κ1) is 24.6. The van der Waals surface area contributed by atoms with Crippen LogP contribution in [0.5, 0.6) is 11.5 Å². The van der Waals surface area contributed by atoms with E-state index in [0.29, 0.717) is 39.4 Å². The van der Waals surface area contributed by atoms with Gasteiger partial charge < -0.3 is 24.4 Å². The molecule has 196 valence electrons. The molecule has 39 heavy (non-hydrogen) atoms. The molecule has 4 aromatic carbocycles. The van der Waals surface area contributed by atoms with Crippen molar-refractivity contribution in [1.29, 1.82) is 0 Å². The number of benzene rings is 4. The number of hydrogen-bond acceptors (Lipinski definition) is 7. The number of anilines is 3. The summed E-state index contributed by atoms with van der Waals surface area (Å²) in [6.45, 7) is 5.81. The normalized spacial score (nSPS) is 16.4. The molecule has 2 aliphatic rings. The van der Waals surface area contributed by atoms with Crippen molar-refractivity contribution in [3.63, 3.8) is 0 Å². The number of methoxy groups -OCH3 is 1. The number of rotatable bonds is 6. The smallest absolute Gasteiger partial charge is 0.341 e. The van der Waals surface area contributed by atoms with Crippen LogP contribution in [0.15, 0.2) is 84.9 Å². The molecule has 0 saturated heterocycles. The van der Waals surface area contributed by atoms with Crippen molar-refractivity contribution in [2.75, 3.05) is 30.4 Å². The summed E-state index contributed by atoms with van der Waals surface area (Å²) >= 11 is 0. The number of nitrogens with one attached hydrogen (secondary N) is 1. The molecule has 0 radical (unpaired) electrons. The SMILES string of the molecule is CCN(CC)c1ccc2c(c1)Oc1c(C(=O)OC)cc(Nc3ccccc3)cc1C21OC(=O)c2ccccc21. The first-order valence-corrected chi connectivity index (χ1v) is 13.0. The Morgan fingerprint density at radius 2 is 1.62 bits per heavy atom. The molecule has 2 aliphatic heterocycles. The van der Waals surface area contributed by atoms with Crippen LogP contribution in [0.2, 0.25) is 0 Å². The fourth-order valence-electron chi connectivity index (χ4n) is 5.57. The van der Waals surface area contributed by atoms with E-state index in [0.717, 1.165) is 24.5 Å². The summed E-state index contributed by atoms with van der Waals surface area (Å²) in [7, 11) is 1.34. The summed E-state index contributed by atoms with van der Waals surface area (Å²) in [5.41, 5.74) is 3.77. The van der Waals surface area contributed by atoms with Crippen LogP contribution in [0.1, 0.15) is 51.3 Å². The van der Waals surface area contributed by atoms with E-state index in [1.165, 1.54) is 7.11 Å². The third kappa shape index (κ3) is 3.81. The lowest BCUT2D eigenvalue weighted by Crippen LogP contribution is -2.34. The monoisotopic (exact) mass is 520 g/mol. The minimum atomic E-state index is -1.31. The second-order valence-electron chi connectivity index (χ2n) is 9.45. The number of carbonyl (C=O) groups is 2. The van der Waals surface area contributed by atoms with Gasteiger partial charge in [-0.05, 0) is 56.3 Å². The molecule has 0 aromatic heterocycles. The van der Waals surface area contributed by atoms with Gasteiger partial charge in [0.2, 0.25) is 0 Å². The number of ether oxygens (including phenoxy) is 3. The van der Waals surface area contributed by atoms with Gasteiger partial charge in [-0.2, -0.15) is 0 Å². The Morgan fingerprint density at radius 1 is 0.872 bits per heavy atom. The van der Waals surface area contributed by atoms with Crippen molar-refractivity contribution < 1.29 is 23.8 Å². The van der Waals surface area contributed by atoms with Gasteiger partial charge in [0.15, 0.2) is 5.60 Å². The maximum atomic E-state index is 13.3. The number of para-hydroxylation sites is 1. The van der Waals surface area contributed by atoms with Crippen LogP contribution in [0.25, 0.3) is 0 Å². The molecule has 0 amide bonds. The van der Waals surface area contributed by atoms with Crippen molar-refractivity contribution in [2.24, 2.45) is 0 Å². The van der Waals surface area contributed by atoms with Crippen molar-refractivity contribution in [3.05, 3.63) is 113 Å². The first-order chi connectivity index (χ1) is 19.0. The maximum Gasteiger partial charge on any atom is 0.341 e. The molecule has 7 nitrogen and oxygen atoms in total. The van der Waals surface area contributed by atoms with Gasteiger partial charge in [0.25, 0.3) is 0 Å². The van der Waals surface area contributed by atoms with E-state index in [1.54, 1.807) is 12.1 Å². The summed E-state index contributed by atoms with van der Waals surface area (Å²) < 4.78 is 18.0. The highest BCUT2D eigenvalue weighted by atomic mass is 16.6. The zero-order chi connectivity index (χ0) is 27.1. The van der Waals surface area contributed by atoms with E-state index in [1.807, 2.05) is 72.8 Å². The average Bonchev–Trinajstić information content (AvgIpc) is 3.26. The van der Waals surface area contributed by atoms with Gasteiger partial charge in [0, 0.05) is 47.3 Å². The van der Waals surface area contributed by atoms with Crippen molar-refractivity contribution in [3.8, 4) is 11.5 Å². The minimum absolute atomic E-state index is 0.229. The molecular weight excluding hydrogens is 492 g/mol. The van der Waals surface area contributed by atoms with Gasteiger partial charge in [0.1, 0.15) is 17.1 Å². The Labute approximate surface area is 226 Å². The molecule has 0 saturated carbocycles. The van der Waals surface area contributed by atoms with Crippen LogP contribution in [0.4, 0.5) is 17.1 Å². The zero-order valence-electron chi connectivity index (χ0n) is 22.0. The maximum absolute atomic E-state index is 13.3. The van der Waals surface area contributed by atoms with E-state index < -0.39 is 17.5 Å². The van der Waals surface area contributed by atoms with E-state index in [2.05, 4.69) is 24.1 Å². The molecule has 0 aliphatic carbocycles. The third-order valence-corrected chi connectivity index (χ3v) is 7.39. The fourth-order valence-corrected chi connectivity index (χ4v) is 5.57. The number of hydrogen-bond donors (Lipinski definition) is 1. The van der Waals surface area contributed by atoms with Crippen LogP contribution in [0.3, 0.4) is 0 Å². The lowest BCUT2D eigenvalue weighted by Gasteiger charge is -2.38. The Bertz CT molecular complexity index is 1600. The number of esters is 2. The molecule has 0 bridgehead atoms. The van der Waals surface area contributed by atoms with E-state index >= 15 is 0 Å². The molecule has 7 heteroatoms. The van der Waals surface area contributed by atoms with E-state index in [4.69, 9.17) is 14.2 Å². The summed E-state index contributed by atoms with van der Waals surface area (Å²) in [6, 6.07) is 26.5. The van der Waals surface area contributed by atoms with Gasteiger partial charge in [-0.1, -0.05) is 36.4 Å². The van der Waals surface area contributed by atoms with E-state index in [9.17, 15) is 9.59 Å². The van der Waals surface area contributed by atoms with Gasteiger partial charge in [0.05, 0.1) is 18.2 Å². The highest BCUT2D eigenvalue weighted by Gasteiger charge is 2.54. The highest BCUT2D eigenvalue weighted by molar-refractivity contribution is 5.99. The van der Waals surface area contributed by atoms with E-state index in [-0.39, 0.29) is 5.56 Å². The second-order valence-corrected chi connectivity index (χ2v) is 9.45. The quantitative estimate of drug-likeness (QED) is 0.286. The van der Waals surface area contributed by atoms with Crippen LogP contribution in [0, 0.1) is 0 Å². The zero-order valence-corrected chi connectivity index (χ0v) is 22.0. The van der Waals surface area contributed by atoms with Crippen LogP contribution in [-0.2, 0) is 15.1 Å². The summed E-state index contributed by atoms with van der Waals surface area (Å²) in [5, 5.41) is 3.37. The molecule has 4 aromatic rings. The molecule has 0 fully saturated rings. The highest BCUT2D eigenvalue weighted by Crippen LogP contribution is 2.58. The lowest BCUT2D eigenvalue weighted by molar-refractivity contribution is 0.0224. The summed E-state index contributed by atoms with van der Waals surface area (Å²) in [4.78, 5) is 28.6. The van der Waals surface area contributed by atoms with Crippen LogP contribution in [-0.4, -0.2) is 32.1 Å². The second kappa shape index (κ2) is 9.51. The van der Waals surface area contributed by atoms with Gasteiger partial charge >= 0.3 is 11.9 Å². The van der Waals surface area contributed by atoms with Crippen molar-refractivity contribution in [1.82, 2.24) is 0 Å². The molecule has 1 N–H and O–H groups in total. The minimum Gasteiger partial charge on any atom is -0.465 e. The number of carbonyl (C=O) groups excluding carboxylic acids is 2. The van der Waals surface area contributed by atoms with Gasteiger partial charge in [-0.25, -0.2) is 9.59 Å². The molecule has 2 heterocycles. The van der Waals surface area contributed by atoms with Gasteiger partial charge in [-0.15, -0.1) is 0 Å².